The molecule has 0 radical (unpaired) electrons. The van der Waals surface area contributed by atoms with E-state index in [4.69, 9.17) is 5.73 Å². The van der Waals surface area contributed by atoms with Crippen LogP contribution in [0.4, 0.5) is 5.69 Å². The van der Waals surface area contributed by atoms with Crippen molar-refractivity contribution >= 4 is 11.6 Å². The quantitative estimate of drug-likeness (QED) is 0.658. The maximum absolute atomic E-state index is 12.3. The molecule has 0 aromatic heterocycles. The minimum absolute atomic E-state index is 0.00663. The van der Waals surface area contributed by atoms with Gasteiger partial charge in [0.2, 0.25) is 0 Å². The Morgan fingerprint density at radius 2 is 1.67 bits per heavy atom. The van der Waals surface area contributed by atoms with Crippen LogP contribution < -0.4 is 11.1 Å². The molecule has 0 atom stereocenters. The molecule has 1 aromatic carbocycles. The lowest BCUT2D eigenvalue weighted by Crippen LogP contribution is -2.76. The fraction of sp³-hybridized carbons (Fsp3) is 0.533. The Hall–Kier alpha value is -1.95. The number of nitrogens with zero attached hydrogens (tertiary/aromatic N) is 1. The molecule has 6 nitrogen and oxygen atoms in total. The Balaban J connectivity index is 2.13. The Morgan fingerprint density at radius 3 is 2.10 bits per heavy atom. The van der Waals surface area contributed by atoms with Crippen molar-refractivity contribution in [3.63, 3.8) is 0 Å². The molecule has 0 unspecified atom stereocenters. The molecule has 1 fully saturated rings. The van der Waals surface area contributed by atoms with Gasteiger partial charge in [0.1, 0.15) is 0 Å². The molecule has 21 heavy (non-hydrogen) atoms. The predicted molar refractivity (Wildman–Crippen MR) is 79.9 cm³/mol. The molecule has 3 N–H and O–H groups in total. The molecular weight excluding hydrogens is 270 g/mol. The number of benzene rings is 1. The monoisotopic (exact) mass is 291 g/mol. The maximum atomic E-state index is 12.3. The van der Waals surface area contributed by atoms with E-state index in [2.05, 4.69) is 5.32 Å². The maximum Gasteiger partial charge on any atom is 0.269 e. The molecule has 0 saturated heterocycles. The van der Waals surface area contributed by atoms with Gasteiger partial charge >= 0.3 is 0 Å². The fourth-order valence-electron chi connectivity index (χ4n) is 3.50. The van der Waals surface area contributed by atoms with Crippen molar-refractivity contribution in [1.29, 1.82) is 0 Å². The standard InChI is InChI=1S/C15H21N3O3/c1-14(2)12(16)15(3,4)13(14)17-11(19)9-5-7-10(8-6-9)18(20)21/h5-8,12-13H,16H2,1-4H3,(H,17,19). The van der Waals surface area contributed by atoms with Gasteiger partial charge in [0, 0.05) is 40.6 Å². The first-order valence-electron chi connectivity index (χ1n) is 6.89. The average molecular weight is 291 g/mol. The number of nitro groups is 1. The van der Waals surface area contributed by atoms with Gasteiger partial charge in [-0.15, -0.1) is 0 Å². The largest absolute Gasteiger partial charge is 0.348 e. The van der Waals surface area contributed by atoms with Crippen LogP contribution in [-0.2, 0) is 0 Å². The van der Waals surface area contributed by atoms with Gasteiger partial charge in [0.15, 0.2) is 0 Å². The van der Waals surface area contributed by atoms with Gasteiger partial charge in [-0.1, -0.05) is 27.7 Å². The highest BCUT2D eigenvalue weighted by Gasteiger charge is 2.60. The molecule has 0 spiro atoms. The molecular formula is C15H21N3O3. The zero-order valence-electron chi connectivity index (χ0n) is 12.7. The first-order chi connectivity index (χ1) is 9.58. The highest BCUT2D eigenvalue weighted by Crippen LogP contribution is 2.52. The van der Waals surface area contributed by atoms with Crippen molar-refractivity contribution in [2.75, 3.05) is 0 Å². The van der Waals surface area contributed by atoms with E-state index in [1.807, 2.05) is 27.7 Å². The van der Waals surface area contributed by atoms with Crippen LogP contribution in [0.2, 0.25) is 0 Å². The number of rotatable bonds is 3. The third kappa shape index (κ3) is 2.40. The van der Waals surface area contributed by atoms with E-state index in [1.54, 1.807) is 0 Å². The molecule has 1 amide bonds. The van der Waals surface area contributed by atoms with Crippen molar-refractivity contribution in [2.24, 2.45) is 16.6 Å². The Morgan fingerprint density at radius 1 is 1.19 bits per heavy atom. The van der Waals surface area contributed by atoms with Gasteiger partial charge in [-0.3, -0.25) is 14.9 Å². The van der Waals surface area contributed by atoms with E-state index in [0.29, 0.717) is 5.56 Å². The Labute approximate surface area is 123 Å². The molecule has 1 aliphatic carbocycles. The second-order valence-electron chi connectivity index (χ2n) is 6.83. The first-order valence-corrected chi connectivity index (χ1v) is 6.89. The second kappa shape index (κ2) is 4.80. The summed E-state index contributed by atoms with van der Waals surface area (Å²) in [5.41, 5.74) is 6.18. The summed E-state index contributed by atoms with van der Waals surface area (Å²) < 4.78 is 0. The summed E-state index contributed by atoms with van der Waals surface area (Å²) in [7, 11) is 0. The van der Waals surface area contributed by atoms with Crippen molar-refractivity contribution < 1.29 is 9.72 Å². The smallest absolute Gasteiger partial charge is 0.269 e. The summed E-state index contributed by atoms with van der Waals surface area (Å²) in [5, 5.41) is 13.6. The van der Waals surface area contributed by atoms with E-state index in [0.717, 1.165) is 0 Å². The van der Waals surface area contributed by atoms with E-state index in [9.17, 15) is 14.9 Å². The van der Waals surface area contributed by atoms with Gasteiger partial charge in [0.25, 0.3) is 11.6 Å². The van der Waals surface area contributed by atoms with Crippen LogP contribution in [0.15, 0.2) is 24.3 Å². The number of nitrogens with two attached hydrogens (primary N) is 1. The number of nitrogens with one attached hydrogen (secondary N) is 1. The van der Waals surface area contributed by atoms with E-state index >= 15 is 0 Å². The molecule has 114 valence electrons. The fourth-order valence-corrected chi connectivity index (χ4v) is 3.50. The number of amides is 1. The summed E-state index contributed by atoms with van der Waals surface area (Å²) in [4.78, 5) is 22.4. The molecule has 0 heterocycles. The van der Waals surface area contributed by atoms with Gasteiger partial charge in [0.05, 0.1) is 4.92 Å². The molecule has 1 aromatic rings. The molecule has 1 saturated carbocycles. The highest BCUT2D eigenvalue weighted by atomic mass is 16.6. The Bertz CT molecular complexity index is 562. The lowest BCUT2D eigenvalue weighted by molar-refractivity contribution is -0.384. The molecule has 1 aliphatic rings. The zero-order chi connectivity index (χ0) is 16.0. The van der Waals surface area contributed by atoms with Crippen LogP contribution >= 0.6 is 0 Å². The van der Waals surface area contributed by atoms with Crippen molar-refractivity contribution in [1.82, 2.24) is 5.32 Å². The second-order valence-corrected chi connectivity index (χ2v) is 6.83. The minimum Gasteiger partial charge on any atom is -0.348 e. The molecule has 0 aliphatic heterocycles. The van der Waals surface area contributed by atoms with Crippen LogP contribution in [0.3, 0.4) is 0 Å². The number of carbonyl (C=O) groups excluding carboxylic acids is 1. The summed E-state index contributed by atoms with van der Waals surface area (Å²) >= 11 is 0. The molecule has 2 rings (SSSR count). The number of non-ortho nitro benzene ring substituents is 1. The average Bonchev–Trinajstić information content (AvgIpc) is 2.43. The summed E-state index contributed by atoms with van der Waals surface area (Å²) in [6.07, 6.45) is 0. The number of hydrogen-bond acceptors (Lipinski definition) is 4. The van der Waals surface area contributed by atoms with E-state index in [-0.39, 0.29) is 34.5 Å². The lowest BCUT2D eigenvalue weighted by Gasteiger charge is -2.62. The SMILES string of the molecule is CC1(C)C(N)C(C)(C)C1NC(=O)c1ccc([N+](=O)[O-])cc1. The summed E-state index contributed by atoms with van der Waals surface area (Å²) in [6.45, 7) is 8.13. The zero-order valence-corrected chi connectivity index (χ0v) is 12.7. The van der Waals surface area contributed by atoms with Crippen LogP contribution in [0, 0.1) is 20.9 Å². The van der Waals surface area contributed by atoms with Gasteiger partial charge in [-0.05, 0) is 12.1 Å². The van der Waals surface area contributed by atoms with Gasteiger partial charge in [-0.25, -0.2) is 0 Å². The van der Waals surface area contributed by atoms with Crippen LogP contribution in [-0.4, -0.2) is 22.9 Å². The molecule has 0 bridgehead atoms. The van der Waals surface area contributed by atoms with Crippen molar-refractivity contribution in [3.05, 3.63) is 39.9 Å². The topological polar surface area (TPSA) is 98.3 Å². The van der Waals surface area contributed by atoms with Crippen LogP contribution in [0.1, 0.15) is 38.1 Å². The van der Waals surface area contributed by atoms with Gasteiger partial charge < -0.3 is 11.1 Å². The normalized spacial score (nSPS) is 25.8. The minimum atomic E-state index is -0.487. The summed E-state index contributed by atoms with van der Waals surface area (Å²) in [5.74, 6) is -0.233. The number of nitro benzene ring substituents is 1. The van der Waals surface area contributed by atoms with E-state index < -0.39 is 4.92 Å². The Kier molecular flexibility index (Phi) is 3.53. The number of carbonyl (C=O) groups is 1. The van der Waals surface area contributed by atoms with E-state index in [1.165, 1.54) is 24.3 Å². The third-order valence-electron chi connectivity index (χ3n) is 4.71. The predicted octanol–water partition coefficient (Wildman–Crippen LogP) is 2.09. The van der Waals surface area contributed by atoms with Crippen LogP contribution in [0.25, 0.3) is 0 Å². The molecule has 6 heteroatoms. The van der Waals surface area contributed by atoms with Crippen LogP contribution in [0.5, 0.6) is 0 Å². The summed E-state index contributed by atoms with van der Waals surface area (Å²) in [6, 6.07) is 5.56. The van der Waals surface area contributed by atoms with Gasteiger partial charge in [-0.2, -0.15) is 0 Å². The lowest BCUT2D eigenvalue weighted by atomic mass is 9.48. The first kappa shape index (κ1) is 15.4. The number of hydrogen-bond donors (Lipinski definition) is 2. The highest BCUT2D eigenvalue weighted by molar-refractivity contribution is 5.94. The van der Waals surface area contributed by atoms with Crippen molar-refractivity contribution in [2.45, 2.75) is 39.8 Å². The third-order valence-corrected chi connectivity index (χ3v) is 4.71. The van der Waals surface area contributed by atoms with Crippen molar-refractivity contribution in [3.8, 4) is 0 Å².